The molecule has 3 atom stereocenters. The number of rotatable bonds is 6. The molecule has 22 heavy (non-hydrogen) atoms. The van der Waals surface area contributed by atoms with Gasteiger partial charge in [-0.2, -0.15) is 0 Å². The molecule has 0 spiro atoms. The van der Waals surface area contributed by atoms with Gasteiger partial charge in [-0.1, -0.05) is 26.8 Å². The van der Waals surface area contributed by atoms with E-state index >= 15 is 0 Å². The van der Waals surface area contributed by atoms with Gasteiger partial charge in [0.05, 0.1) is 6.10 Å². The number of hydrogen-bond donors (Lipinski definition) is 1. The summed E-state index contributed by atoms with van der Waals surface area (Å²) in [6.45, 7) is 18.6. The van der Waals surface area contributed by atoms with E-state index in [4.69, 9.17) is 19.1 Å². The van der Waals surface area contributed by atoms with E-state index in [0.29, 0.717) is 6.42 Å². The standard InChI is InChI=1S/C16H31NO4Si/c1-9-12-14(20-16(5,6)19-12)13(10-11-17-18)21-22(7,8)15(2,3)4/h9,11-14,18H,1,10H2,2-8H3. The van der Waals surface area contributed by atoms with E-state index in [-0.39, 0.29) is 23.4 Å². The second-order valence-corrected chi connectivity index (χ2v) is 12.5. The molecule has 0 aliphatic carbocycles. The molecule has 1 rings (SSSR count). The van der Waals surface area contributed by atoms with Gasteiger partial charge >= 0.3 is 0 Å². The van der Waals surface area contributed by atoms with Crippen LogP contribution in [0.3, 0.4) is 0 Å². The van der Waals surface area contributed by atoms with E-state index in [1.807, 2.05) is 13.8 Å². The van der Waals surface area contributed by atoms with Crippen LogP contribution in [0, 0.1) is 0 Å². The van der Waals surface area contributed by atoms with Gasteiger partial charge in [0, 0.05) is 12.6 Å². The molecular weight excluding hydrogens is 298 g/mol. The summed E-state index contributed by atoms with van der Waals surface area (Å²) in [6.07, 6.45) is 2.93. The predicted octanol–water partition coefficient (Wildman–Crippen LogP) is 3.93. The van der Waals surface area contributed by atoms with E-state index in [2.05, 4.69) is 45.6 Å². The van der Waals surface area contributed by atoms with Crippen molar-refractivity contribution >= 4 is 14.5 Å². The van der Waals surface area contributed by atoms with E-state index in [9.17, 15) is 0 Å². The molecular formula is C16H31NO4Si. The summed E-state index contributed by atoms with van der Waals surface area (Å²) in [6, 6.07) is 0. The molecule has 128 valence electrons. The summed E-state index contributed by atoms with van der Waals surface area (Å²) < 4.78 is 18.4. The normalized spacial score (nSPS) is 27.2. The quantitative estimate of drug-likeness (QED) is 0.264. The summed E-state index contributed by atoms with van der Waals surface area (Å²) in [5, 5.41) is 12.0. The van der Waals surface area contributed by atoms with Gasteiger partial charge in [-0.3, -0.25) is 0 Å². The molecule has 1 fully saturated rings. The van der Waals surface area contributed by atoms with Crippen molar-refractivity contribution in [2.45, 2.75) is 83.3 Å². The number of ether oxygens (including phenoxy) is 2. The van der Waals surface area contributed by atoms with Crippen LogP contribution in [-0.2, 0) is 13.9 Å². The molecule has 6 heteroatoms. The average molecular weight is 330 g/mol. The largest absolute Gasteiger partial charge is 0.411 e. The zero-order valence-electron chi connectivity index (χ0n) is 14.9. The first-order valence-electron chi connectivity index (χ1n) is 7.75. The Balaban J connectivity index is 3.00. The smallest absolute Gasteiger partial charge is 0.192 e. The highest BCUT2D eigenvalue weighted by Crippen LogP contribution is 2.40. The summed E-state index contributed by atoms with van der Waals surface area (Å²) in [5.41, 5.74) is 0. The lowest BCUT2D eigenvalue weighted by Gasteiger charge is -2.40. The second kappa shape index (κ2) is 6.82. The van der Waals surface area contributed by atoms with Gasteiger partial charge in [0.1, 0.15) is 12.2 Å². The lowest BCUT2D eigenvalue weighted by Crippen LogP contribution is -2.49. The van der Waals surface area contributed by atoms with Crippen LogP contribution in [0.5, 0.6) is 0 Å². The highest BCUT2D eigenvalue weighted by molar-refractivity contribution is 6.74. The fourth-order valence-corrected chi connectivity index (χ4v) is 3.58. The fourth-order valence-electron chi connectivity index (χ4n) is 2.24. The van der Waals surface area contributed by atoms with E-state index < -0.39 is 14.1 Å². The maximum absolute atomic E-state index is 8.77. The van der Waals surface area contributed by atoms with E-state index in [1.54, 1.807) is 6.08 Å². The Bertz CT molecular complexity index is 415. The molecule has 0 aromatic rings. The summed E-state index contributed by atoms with van der Waals surface area (Å²) in [4.78, 5) is 0. The van der Waals surface area contributed by atoms with Crippen LogP contribution < -0.4 is 0 Å². The maximum atomic E-state index is 8.77. The van der Waals surface area contributed by atoms with Crippen LogP contribution in [0.2, 0.25) is 18.1 Å². The minimum atomic E-state index is -1.99. The Morgan fingerprint density at radius 1 is 1.36 bits per heavy atom. The van der Waals surface area contributed by atoms with Crippen molar-refractivity contribution in [2.24, 2.45) is 5.16 Å². The minimum absolute atomic E-state index is 0.0836. The highest BCUT2D eigenvalue weighted by Gasteiger charge is 2.47. The van der Waals surface area contributed by atoms with Crippen LogP contribution in [0.25, 0.3) is 0 Å². The Labute approximate surface area is 135 Å². The van der Waals surface area contributed by atoms with Crippen LogP contribution >= 0.6 is 0 Å². The van der Waals surface area contributed by atoms with Gasteiger partial charge in [0.15, 0.2) is 14.1 Å². The Morgan fingerprint density at radius 3 is 2.41 bits per heavy atom. The fraction of sp³-hybridized carbons (Fsp3) is 0.812. The summed E-state index contributed by atoms with van der Waals surface area (Å²) in [5.74, 6) is -0.672. The van der Waals surface area contributed by atoms with Crippen molar-refractivity contribution < 1.29 is 19.1 Å². The lowest BCUT2D eigenvalue weighted by molar-refractivity contribution is -0.151. The zero-order chi connectivity index (χ0) is 17.2. The van der Waals surface area contributed by atoms with E-state index in [1.165, 1.54) is 6.21 Å². The topological polar surface area (TPSA) is 60.3 Å². The van der Waals surface area contributed by atoms with Gasteiger partial charge in [-0.05, 0) is 32.0 Å². The van der Waals surface area contributed by atoms with Gasteiger partial charge in [0.2, 0.25) is 0 Å². The first kappa shape index (κ1) is 19.4. The monoisotopic (exact) mass is 329 g/mol. The van der Waals surface area contributed by atoms with Crippen LogP contribution in [0.15, 0.2) is 17.8 Å². The van der Waals surface area contributed by atoms with Crippen molar-refractivity contribution in [2.75, 3.05) is 0 Å². The first-order chi connectivity index (χ1) is 9.93. The third-order valence-corrected chi connectivity index (χ3v) is 8.94. The number of hydrogen-bond acceptors (Lipinski definition) is 5. The molecule has 1 heterocycles. The van der Waals surface area contributed by atoms with Crippen molar-refractivity contribution in [3.05, 3.63) is 12.7 Å². The Morgan fingerprint density at radius 2 is 1.95 bits per heavy atom. The third kappa shape index (κ3) is 4.65. The van der Waals surface area contributed by atoms with Gasteiger partial charge in [0.25, 0.3) is 0 Å². The molecule has 5 nitrogen and oxygen atoms in total. The maximum Gasteiger partial charge on any atom is 0.192 e. The molecule has 0 aromatic carbocycles. The number of oxime groups is 1. The van der Waals surface area contributed by atoms with Gasteiger partial charge in [-0.25, -0.2) is 0 Å². The van der Waals surface area contributed by atoms with Crippen LogP contribution in [-0.4, -0.2) is 43.8 Å². The molecule has 1 saturated heterocycles. The average Bonchev–Trinajstić information content (AvgIpc) is 2.68. The van der Waals surface area contributed by atoms with Crippen molar-refractivity contribution in [1.29, 1.82) is 0 Å². The lowest BCUT2D eigenvalue weighted by atomic mass is 10.1. The molecule has 1 N–H and O–H groups in total. The van der Waals surface area contributed by atoms with Crippen molar-refractivity contribution in [3.63, 3.8) is 0 Å². The molecule has 0 radical (unpaired) electrons. The van der Waals surface area contributed by atoms with Crippen molar-refractivity contribution in [3.8, 4) is 0 Å². The van der Waals surface area contributed by atoms with Crippen molar-refractivity contribution in [1.82, 2.24) is 0 Å². The predicted molar refractivity (Wildman–Crippen MR) is 91.0 cm³/mol. The molecule has 1 aliphatic heterocycles. The molecule has 1 aliphatic rings. The zero-order valence-corrected chi connectivity index (χ0v) is 15.9. The Hall–Kier alpha value is -0.693. The van der Waals surface area contributed by atoms with Gasteiger partial charge < -0.3 is 19.1 Å². The second-order valence-electron chi connectivity index (χ2n) is 7.75. The molecule has 0 aromatic heterocycles. The molecule has 3 unspecified atom stereocenters. The number of nitrogens with zero attached hydrogens (tertiary/aromatic N) is 1. The molecule has 0 saturated carbocycles. The first-order valence-corrected chi connectivity index (χ1v) is 10.7. The van der Waals surface area contributed by atoms with Crippen LogP contribution in [0.1, 0.15) is 41.0 Å². The summed E-state index contributed by atoms with van der Waals surface area (Å²) >= 11 is 0. The summed E-state index contributed by atoms with van der Waals surface area (Å²) in [7, 11) is -1.99. The highest BCUT2D eigenvalue weighted by atomic mass is 28.4. The molecule has 0 amide bonds. The van der Waals surface area contributed by atoms with Gasteiger partial charge in [-0.15, -0.1) is 11.7 Å². The third-order valence-electron chi connectivity index (χ3n) is 4.43. The minimum Gasteiger partial charge on any atom is -0.411 e. The van der Waals surface area contributed by atoms with Crippen LogP contribution in [0.4, 0.5) is 0 Å². The molecule has 0 bridgehead atoms. The van der Waals surface area contributed by atoms with E-state index in [0.717, 1.165) is 0 Å². The SMILES string of the molecule is C=CC1OC(C)(C)OC1C(CC=NO)O[Si](C)(C)C(C)(C)C. The Kier molecular flexibility index (Phi) is 6.00.